The van der Waals surface area contributed by atoms with Gasteiger partial charge in [-0.3, -0.25) is 14.3 Å². The van der Waals surface area contributed by atoms with Gasteiger partial charge in [-0.05, 0) is 79.6 Å². The summed E-state index contributed by atoms with van der Waals surface area (Å²) in [5.41, 5.74) is 6.11. The van der Waals surface area contributed by atoms with E-state index in [1.807, 2.05) is 52.4 Å². The van der Waals surface area contributed by atoms with Crippen LogP contribution in [0.15, 0.2) is 78.4 Å². The first-order valence-electron chi connectivity index (χ1n) is 19.6. The van der Waals surface area contributed by atoms with Crippen LogP contribution in [0.4, 0.5) is 19.0 Å². The normalized spacial score (nSPS) is 18.1. The lowest BCUT2D eigenvalue weighted by Gasteiger charge is -2.34. The molecule has 1 fully saturated rings. The molecule has 0 radical (unpaired) electrons. The molecule has 5 aromatic rings. The third kappa shape index (κ3) is 8.05. The quantitative estimate of drug-likeness (QED) is 0.168. The van der Waals surface area contributed by atoms with Gasteiger partial charge in [-0.15, -0.1) is 0 Å². The van der Waals surface area contributed by atoms with Crippen LogP contribution in [0.1, 0.15) is 76.8 Å². The molecule has 0 spiro atoms. The Morgan fingerprint density at radius 3 is 2.15 bits per heavy atom. The Balaban J connectivity index is 0.000000176. The Bertz CT molecular complexity index is 2590. The minimum atomic E-state index is -0.573. The van der Waals surface area contributed by atoms with Crippen molar-refractivity contribution in [1.82, 2.24) is 29.5 Å². The summed E-state index contributed by atoms with van der Waals surface area (Å²) in [5, 5.41) is 4.73. The number of carbonyl (C=O) groups excluding carboxylic acids is 2. The van der Waals surface area contributed by atoms with Crippen LogP contribution in [0.25, 0.3) is 28.1 Å². The minimum Gasteiger partial charge on any atom is -0.374 e. The average Bonchev–Trinajstić information content (AvgIpc) is 3.85. The van der Waals surface area contributed by atoms with Crippen LogP contribution in [0.3, 0.4) is 0 Å². The highest BCUT2D eigenvalue weighted by molar-refractivity contribution is 6.31. The molecule has 9 rings (SSSR count). The fourth-order valence-electron chi connectivity index (χ4n) is 7.79. The van der Waals surface area contributed by atoms with Crippen molar-refractivity contribution >= 4 is 46.4 Å². The number of halogens is 5. The van der Waals surface area contributed by atoms with Crippen LogP contribution in [-0.4, -0.2) is 81.3 Å². The van der Waals surface area contributed by atoms with Crippen LogP contribution < -0.4 is 4.90 Å². The number of amides is 2. The molecule has 2 atom stereocenters. The van der Waals surface area contributed by atoms with E-state index >= 15 is 0 Å². The van der Waals surface area contributed by atoms with Gasteiger partial charge in [-0.2, -0.15) is 5.10 Å². The Labute approximate surface area is 356 Å². The maximum Gasteiger partial charge on any atom is 0.254 e. The highest BCUT2D eigenvalue weighted by Gasteiger charge is 2.38. The van der Waals surface area contributed by atoms with Crippen molar-refractivity contribution < 1.29 is 27.5 Å². The Morgan fingerprint density at radius 1 is 0.850 bits per heavy atom. The maximum absolute atomic E-state index is 14.6. The van der Waals surface area contributed by atoms with Gasteiger partial charge >= 0.3 is 0 Å². The maximum atomic E-state index is 14.6. The number of hydrogen-bond donors (Lipinski definition) is 0. The first kappa shape index (κ1) is 42.6. The van der Waals surface area contributed by atoms with E-state index in [0.29, 0.717) is 71.3 Å². The predicted molar refractivity (Wildman–Crippen MR) is 228 cm³/mol. The first-order valence-corrected chi connectivity index (χ1v) is 20.4. The number of rotatable bonds is 6. The Kier molecular flexibility index (Phi) is 12.2. The largest absolute Gasteiger partial charge is 0.374 e. The average molecular weight is 859 g/mol. The van der Waals surface area contributed by atoms with E-state index in [1.54, 1.807) is 36.7 Å². The smallest absolute Gasteiger partial charge is 0.254 e. The van der Waals surface area contributed by atoms with Gasteiger partial charge in [-0.25, -0.2) is 23.1 Å². The summed E-state index contributed by atoms with van der Waals surface area (Å²) in [5.74, 6) is -0.948. The number of nitrogens with zero attached hydrogens (tertiary/aromatic N) is 7. The van der Waals surface area contributed by atoms with Crippen molar-refractivity contribution in [2.45, 2.75) is 52.8 Å². The highest BCUT2D eigenvalue weighted by atomic mass is 35.5. The lowest BCUT2D eigenvalue weighted by molar-refractivity contribution is 0.0408. The Hall–Kier alpha value is -5.50. The molecule has 2 amide bonds. The molecule has 2 aromatic carbocycles. The van der Waals surface area contributed by atoms with Crippen molar-refractivity contribution in [3.63, 3.8) is 0 Å². The van der Waals surface area contributed by atoms with Crippen LogP contribution in [-0.2, 0) is 24.8 Å². The second kappa shape index (κ2) is 17.2. The molecular formula is C45H44Cl2F3N7O3. The fraction of sp³-hybridized carbons (Fsp3) is 0.311. The Morgan fingerprint density at radius 2 is 1.53 bits per heavy atom. The van der Waals surface area contributed by atoms with E-state index in [0.717, 1.165) is 17.5 Å². The van der Waals surface area contributed by atoms with Gasteiger partial charge in [0.2, 0.25) is 0 Å². The third-order valence-electron chi connectivity index (χ3n) is 11.0. The number of aryl methyl sites for hydroxylation is 1. The summed E-state index contributed by atoms with van der Waals surface area (Å²) in [4.78, 5) is 40.1. The van der Waals surface area contributed by atoms with Crippen molar-refractivity contribution in [1.29, 1.82) is 0 Å². The lowest BCUT2D eigenvalue weighted by Crippen LogP contribution is -2.44. The first-order chi connectivity index (χ1) is 28.7. The number of fused-ring (bicyclic) bond motifs is 2. The minimum absolute atomic E-state index is 0.00412. The van der Waals surface area contributed by atoms with Gasteiger partial charge in [0, 0.05) is 96.8 Å². The van der Waals surface area contributed by atoms with E-state index < -0.39 is 11.6 Å². The lowest BCUT2D eigenvalue weighted by atomic mass is 9.90. The number of morpholine rings is 1. The molecule has 4 aliphatic rings. The van der Waals surface area contributed by atoms with Gasteiger partial charge in [0.05, 0.1) is 47.6 Å². The second-order valence-electron chi connectivity index (χ2n) is 14.9. The second-order valence-corrected chi connectivity index (χ2v) is 15.8. The SMILES string of the molecule is CC.CC1=C(F)C(c2nc(N3CCO[C@@H](Cc4cnn(C)c4)C3)cc3c2C(C)N(C)C3=O)=C1.CN1Cc2c(cc(-c3ccc(Cl)cc3F)nc2-c2ccc(Cl)cc2F)C1=O. The zero-order valence-corrected chi connectivity index (χ0v) is 35.8. The highest BCUT2D eigenvalue weighted by Crippen LogP contribution is 2.44. The van der Waals surface area contributed by atoms with Crippen LogP contribution in [0.2, 0.25) is 10.0 Å². The zero-order valence-electron chi connectivity index (χ0n) is 34.3. The summed E-state index contributed by atoms with van der Waals surface area (Å²) in [6.45, 7) is 9.89. The van der Waals surface area contributed by atoms with Gasteiger partial charge in [0.25, 0.3) is 11.8 Å². The summed E-state index contributed by atoms with van der Waals surface area (Å²) in [6.07, 6.45) is 6.40. The summed E-state index contributed by atoms with van der Waals surface area (Å²) in [7, 11) is 5.32. The summed E-state index contributed by atoms with van der Waals surface area (Å²) in [6, 6.07) is 11.7. The van der Waals surface area contributed by atoms with E-state index in [-0.39, 0.29) is 56.7 Å². The molecular weight excluding hydrogens is 814 g/mol. The van der Waals surface area contributed by atoms with Crippen LogP contribution in [0, 0.1) is 11.6 Å². The molecule has 15 heteroatoms. The number of pyridine rings is 2. The number of carbonyl (C=O) groups is 2. The predicted octanol–water partition coefficient (Wildman–Crippen LogP) is 9.66. The molecule has 3 aromatic heterocycles. The van der Waals surface area contributed by atoms with E-state index in [4.69, 9.17) is 32.9 Å². The number of benzene rings is 2. The van der Waals surface area contributed by atoms with Crippen molar-refractivity contribution in [2.75, 3.05) is 38.7 Å². The molecule has 1 saturated heterocycles. The number of allylic oxidation sites excluding steroid dienone is 4. The summed E-state index contributed by atoms with van der Waals surface area (Å²) >= 11 is 11.7. The standard InChI is InChI=1S/C23H26FN5O2.C20H12Cl2F2N2O.C2H6/c1-13-7-18(21(13)24)22-20-14(2)28(4)23(30)17(20)9-19(26-22)29-5-6-31-16(12-29)8-15-10-25-27(3)11-15;1-26-9-15-14(20(26)27)8-18(12-4-2-10(21)6-16(12)23)25-19(15)13-5-3-11(22)7-17(13)24;1-2/h7,9-11,14,16H,5-6,8,12H2,1-4H3;2-8H,9H2,1H3;1-2H3/t14?,16-;;/m0../s1. The number of anilines is 1. The molecule has 3 aliphatic heterocycles. The van der Waals surface area contributed by atoms with Gasteiger partial charge in [-0.1, -0.05) is 37.0 Å². The molecule has 1 unspecified atom stereocenters. The van der Waals surface area contributed by atoms with Crippen LogP contribution >= 0.6 is 23.2 Å². The molecule has 6 heterocycles. The van der Waals surface area contributed by atoms with Gasteiger partial charge in [0.15, 0.2) is 0 Å². The van der Waals surface area contributed by atoms with Crippen LogP contribution in [0.5, 0.6) is 0 Å². The zero-order chi connectivity index (χ0) is 43.2. The van der Waals surface area contributed by atoms with Crippen molar-refractivity contribution in [2.24, 2.45) is 7.05 Å². The van der Waals surface area contributed by atoms with Crippen molar-refractivity contribution in [3.8, 4) is 22.5 Å². The monoisotopic (exact) mass is 857 g/mol. The van der Waals surface area contributed by atoms with E-state index in [2.05, 4.69) is 15.0 Å². The topological polar surface area (TPSA) is 96.7 Å². The molecule has 312 valence electrons. The molecule has 0 N–H and O–H groups in total. The molecule has 10 nitrogen and oxygen atoms in total. The fourth-order valence-corrected chi connectivity index (χ4v) is 8.10. The summed E-state index contributed by atoms with van der Waals surface area (Å²) < 4.78 is 51.3. The van der Waals surface area contributed by atoms with Gasteiger partial charge in [0.1, 0.15) is 23.3 Å². The number of ether oxygens (including phenoxy) is 1. The molecule has 1 aliphatic carbocycles. The molecule has 0 saturated carbocycles. The van der Waals surface area contributed by atoms with Crippen molar-refractivity contribution in [3.05, 3.63) is 134 Å². The number of hydrogen-bond acceptors (Lipinski definition) is 7. The van der Waals surface area contributed by atoms with Gasteiger partial charge < -0.3 is 19.4 Å². The van der Waals surface area contributed by atoms with E-state index in [1.165, 1.54) is 41.3 Å². The third-order valence-corrected chi connectivity index (χ3v) is 11.4. The number of aromatic nitrogens is 4. The molecule has 0 bridgehead atoms. The van der Waals surface area contributed by atoms with E-state index in [9.17, 15) is 22.8 Å². The molecule has 60 heavy (non-hydrogen) atoms.